The van der Waals surface area contributed by atoms with Crippen LogP contribution in [0.4, 0.5) is 0 Å². The third-order valence-corrected chi connectivity index (χ3v) is 3.85. The van der Waals surface area contributed by atoms with Gasteiger partial charge in [-0.25, -0.2) is 0 Å². The second-order valence-corrected chi connectivity index (χ2v) is 7.44. The Morgan fingerprint density at radius 1 is 0.944 bits per heavy atom. The van der Waals surface area contributed by atoms with Crippen molar-refractivity contribution in [3.63, 3.8) is 0 Å². The van der Waals surface area contributed by atoms with E-state index in [1.54, 1.807) is 0 Å². The van der Waals surface area contributed by atoms with Crippen LogP contribution in [0.15, 0.2) is 0 Å². The van der Waals surface area contributed by atoms with Gasteiger partial charge in [-0.3, -0.25) is 0 Å². The molecule has 0 aliphatic carbocycles. The van der Waals surface area contributed by atoms with Crippen LogP contribution in [0.3, 0.4) is 0 Å². The van der Waals surface area contributed by atoms with Crippen molar-refractivity contribution in [2.45, 2.75) is 92.6 Å². The molecule has 1 nitrogen and oxygen atoms in total. The molecule has 0 aliphatic rings. The average Bonchev–Trinajstić information content (AvgIpc) is 2.20. The van der Waals surface area contributed by atoms with Crippen LogP contribution in [0, 0.1) is 17.3 Å². The molecule has 0 radical (unpaired) electrons. The molecule has 0 saturated heterocycles. The van der Waals surface area contributed by atoms with E-state index in [1.807, 2.05) is 6.92 Å². The van der Waals surface area contributed by atoms with Gasteiger partial charge < -0.3 is 5.11 Å². The number of aliphatic hydroxyl groups excluding tert-OH is 1. The summed E-state index contributed by atoms with van der Waals surface area (Å²) < 4.78 is 0. The highest BCUT2D eigenvalue weighted by Gasteiger charge is 2.19. The lowest BCUT2D eigenvalue weighted by Crippen LogP contribution is -2.19. The van der Waals surface area contributed by atoms with Crippen molar-refractivity contribution in [3.8, 4) is 0 Å². The number of hydrogen-bond donors (Lipinski definition) is 1. The summed E-state index contributed by atoms with van der Waals surface area (Å²) in [5.41, 5.74) is 0.432. The van der Waals surface area contributed by atoms with Crippen LogP contribution < -0.4 is 0 Å². The second kappa shape index (κ2) is 8.96. The Bertz CT molecular complexity index is 190. The van der Waals surface area contributed by atoms with E-state index in [2.05, 4.69) is 34.6 Å². The van der Waals surface area contributed by atoms with Gasteiger partial charge in [0, 0.05) is 0 Å². The van der Waals surface area contributed by atoms with Crippen LogP contribution in [-0.2, 0) is 0 Å². The molecule has 0 saturated carbocycles. The fourth-order valence-electron chi connectivity index (χ4n) is 2.93. The van der Waals surface area contributed by atoms with Crippen molar-refractivity contribution in [1.82, 2.24) is 0 Å². The highest BCUT2D eigenvalue weighted by atomic mass is 16.3. The van der Waals surface area contributed by atoms with Gasteiger partial charge >= 0.3 is 0 Å². The van der Waals surface area contributed by atoms with Gasteiger partial charge in [0.25, 0.3) is 0 Å². The molecule has 110 valence electrons. The molecule has 0 heterocycles. The predicted molar refractivity (Wildman–Crippen MR) is 81.8 cm³/mol. The zero-order valence-corrected chi connectivity index (χ0v) is 13.6. The van der Waals surface area contributed by atoms with E-state index in [1.165, 1.54) is 44.9 Å². The van der Waals surface area contributed by atoms with Gasteiger partial charge in [0.05, 0.1) is 6.10 Å². The SMILES string of the molecule is CCCCCC(CCC(C)CC(C)(C)C)C(C)O. The lowest BCUT2D eigenvalue weighted by molar-refractivity contribution is 0.106. The Kier molecular flexibility index (Phi) is 8.94. The Morgan fingerprint density at radius 2 is 1.56 bits per heavy atom. The van der Waals surface area contributed by atoms with Crippen LogP contribution >= 0.6 is 0 Å². The number of aliphatic hydroxyl groups is 1. The maximum atomic E-state index is 9.86. The van der Waals surface area contributed by atoms with E-state index < -0.39 is 0 Å². The van der Waals surface area contributed by atoms with Gasteiger partial charge in [0.2, 0.25) is 0 Å². The summed E-state index contributed by atoms with van der Waals surface area (Å²) in [7, 11) is 0. The number of hydrogen-bond acceptors (Lipinski definition) is 1. The molecule has 0 rings (SSSR count). The summed E-state index contributed by atoms with van der Waals surface area (Å²) in [4.78, 5) is 0. The molecule has 1 heteroatoms. The van der Waals surface area contributed by atoms with E-state index in [-0.39, 0.29) is 6.10 Å². The highest BCUT2D eigenvalue weighted by molar-refractivity contribution is 4.70. The van der Waals surface area contributed by atoms with Crippen molar-refractivity contribution in [2.75, 3.05) is 0 Å². The van der Waals surface area contributed by atoms with Crippen molar-refractivity contribution >= 4 is 0 Å². The monoisotopic (exact) mass is 256 g/mol. The lowest BCUT2D eigenvalue weighted by Gasteiger charge is -2.26. The molecule has 0 aromatic heterocycles. The molecule has 0 bridgehead atoms. The zero-order chi connectivity index (χ0) is 14.2. The summed E-state index contributed by atoms with van der Waals surface area (Å²) in [6.45, 7) is 13.5. The first-order chi connectivity index (χ1) is 8.26. The average molecular weight is 256 g/mol. The van der Waals surface area contributed by atoms with E-state index >= 15 is 0 Å². The molecule has 0 aromatic rings. The molecule has 18 heavy (non-hydrogen) atoms. The largest absolute Gasteiger partial charge is 0.393 e. The van der Waals surface area contributed by atoms with Gasteiger partial charge in [0.1, 0.15) is 0 Å². The molecule has 0 aliphatic heterocycles. The minimum atomic E-state index is -0.135. The summed E-state index contributed by atoms with van der Waals surface area (Å²) in [5, 5.41) is 9.86. The molecule has 3 unspecified atom stereocenters. The Morgan fingerprint density at radius 3 is 2.00 bits per heavy atom. The van der Waals surface area contributed by atoms with Crippen LogP contribution in [-0.4, -0.2) is 11.2 Å². The van der Waals surface area contributed by atoms with Crippen LogP contribution in [0.25, 0.3) is 0 Å². The maximum Gasteiger partial charge on any atom is 0.0540 e. The molecular weight excluding hydrogens is 220 g/mol. The van der Waals surface area contributed by atoms with Gasteiger partial charge in [-0.15, -0.1) is 0 Å². The normalized spacial score (nSPS) is 17.5. The van der Waals surface area contributed by atoms with Gasteiger partial charge in [-0.05, 0) is 43.4 Å². The van der Waals surface area contributed by atoms with E-state index in [9.17, 15) is 5.11 Å². The molecule has 1 N–H and O–H groups in total. The minimum absolute atomic E-state index is 0.135. The Balaban J connectivity index is 3.95. The van der Waals surface area contributed by atoms with Gasteiger partial charge in [0.15, 0.2) is 0 Å². The first kappa shape index (κ1) is 18.0. The van der Waals surface area contributed by atoms with Crippen LogP contribution in [0.2, 0.25) is 0 Å². The molecule has 0 fully saturated rings. The third-order valence-electron chi connectivity index (χ3n) is 3.85. The second-order valence-electron chi connectivity index (χ2n) is 7.44. The molecule has 0 spiro atoms. The first-order valence-corrected chi connectivity index (χ1v) is 7.94. The van der Waals surface area contributed by atoms with E-state index in [4.69, 9.17) is 0 Å². The highest BCUT2D eigenvalue weighted by Crippen LogP contribution is 2.29. The summed E-state index contributed by atoms with van der Waals surface area (Å²) in [6.07, 6.45) is 8.66. The first-order valence-electron chi connectivity index (χ1n) is 7.94. The minimum Gasteiger partial charge on any atom is -0.393 e. The van der Waals surface area contributed by atoms with Crippen LogP contribution in [0.1, 0.15) is 86.5 Å². The smallest absolute Gasteiger partial charge is 0.0540 e. The number of rotatable bonds is 9. The molecule has 0 amide bonds. The summed E-state index contributed by atoms with van der Waals surface area (Å²) >= 11 is 0. The topological polar surface area (TPSA) is 20.2 Å². The standard InChI is InChI=1S/C17H36O/c1-7-8-9-10-16(15(3)18)12-11-14(2)13-17(4,5)6/h14-16,18H,7-13H2,1-6H3. The molecule has 0 aromatic carbocycles. The van der Waals surface area contributed by atoms with Crippen molar-refractivity contribution < 1.29 is 5.11 Å². The Hall–Kier alpha value is -0.0400. The predicted octanol–water partition coefficient (Wildman–Crippen LogP) is 5.42. The van der Waals surface area contributed by atoms with Gasteiger partial charge in [-0.2, -0.15) is 0 Å². The van der Waals surface area contributed by atoms with Crippen molar-refractivity contribution in [3.05, 3.63) is 0 Å². The van der Waals surface area contributed by atoms with Crippen LogP contribution in [0.5, 0.6) is 0 Å². The fourth-order valence-corrected chi connectivity index (χ4v) is 2.93. The third kappa shape index (κ3) is 9.94. The molecular formula is C17H36O. The molecule has 3 atom stereocenters. The van der Waals surface area contributed by atoms with Crippen molar-refractivity contribution in [1.29, 1.82) is 0 Å². The zero-order valence-electron chi connectivity index (χ0n) is 13.6. The van der Waals surface area contributed by atoms with E-state index in [0.29, 0.717) is 11.3 Å². The summed E-state index contributed by atoms with van der Waals surface area (Å²) in [6, 6.07) is 0. The fraction of sp³-hybridized carbons (Fsp3) is 1.00. The number of unbranched alkanes of at least 4 members (excludes halogenated alkanes) is 2. The quantitative estimate of drug-likeness (QED) is 0.546. The summed E-state index contributed by atoms with van der Waals surface area (Å²) in [5.74, 6) is 1.29. The maximum absolute atomic E-state index is 9.86. The van der Waals surface area contributed by atoms with Crippen molar-refractivity contribution in [2.24, 2.45) is 17.3 Å². The van der Waals surface area contributed by atoms with Gasteiger partial charge in [-0.1, -0.05) is 60.3 Å². The Labute approximate surface area is 115 Å². The van der Waals surface area contributed by atoms with E-state index in [0.717, 1.165) is 5.92 Å². The lowest BCUT2D eigenvalue weighted by atomic mass is 9.81.